The molecule has 0 aliphatic heterocycles. The summed E-state index contributed by atoms with van der Waals surface area (Å²) in [6, 6.07) is 9.95. The number of thioether (sulfide) groups is 1. The van der Waals surface area contributed by atoms with E-state index in [-0.39, 0.29) is 11.7 Å². The van der Waals surface area contributed by atoms with Gasteiger partial charge in [-0.05, 0) is 29.8 Å². The fourth-order valence-electron chi connectivity index (χ4n) is 1.59. The Morgan fingerprint density at radius 1 is 1.15 bits per heavy atom. The van der Waals surface area contributed by atoms with Crippen LogP contribution in [0.1, 0.15) is 12.0 Å². The number of aromatic nitrogens is 1. The van der Waals surface area contributed by atoms with Gasteiger partial charge >= 0.3 is 0 Å². The van der Waals surface area contributed by atoms with Crippen molar-refractivity contribution in [2.75, 3.05) is 5.75 Å². The molecule has 0 spiro atoms. The van der Waals surface area contributed by atoms with Crippen LogP contribution in [0.25, 0.3) is 0 Å². The summed E-state index contributed by atoms with van der Waals surface area (Å²) in [5.41, 5.74) is 0.890. The number of rotatable bonds is 6. The lowest BCUT2D eigenvalue weighted by atomic mass is 10.2. The van der Waals surface area contributed by atoms with Crippen molar-refractivity contribution in [1.82, 2.24) is 10.3 Å². The second-order valence-corrected chi connectivity index (χ2v) is 5.35. The smallest absolute Gasteiger partial charge is 0.221 e. The molecular formula is C15H15FN2OS. The van der Waals surface area contributed by atoms with Gasteiger partial charge in [-0.25, -0.2) is 4.39 Å². The van der Waals surface area contributed by atoms with Crippen LogP contribution < -0.4 is 5.32 Å². The van der Waals surface area contributed by atoms with Crippen molar-refractivity contribution in [2.45, 2.75) is 17.9 Å². The maximum Gasteiger partial charge on any atom is 0.221 e. The molecule has 0 fully saturated rings. The van der Waals surface area contributed by atoms with Crippen LogP contribution in [0, 0.1) is 5.82 Å². The number of nitrogens with zero attached hydrogens (tertiary/aromatic N) is 1. The quantitative estimate of drug-likeness (QED) is 0.832. The van der Waals surface area contributed by atoms with Crippen LogP contribution in [-0.2, 0) is 11.3 Å². The summed E-state index contributed by atoms with van der Waals surface area (Å²) in [5.74, 6) is 0.448. The number of carbonyl (C=O) groups is 1. The van der Waals surface area contributed by atoms with Crippen LogP contribution >= 0.6 is 11.8 Å². The maximum absolute atomic E-state index is 12.7. The van der Waals surface area contributed by atoms with E-state index in [1.54, 1.807) is 36.3 Å². The Bertz CT molecular complexity index is 546. The first-order valence-electron chi connectivity index (χ1n) is 6.28. The van der Waals surface area contributed by atoms with E-state index in [1.807, 2.05) is 12.1 Å². The number of nitrogens with one attached hydrogen (secondary N) is 1. The lowest BCUT2D eigenvalue weighted by molar-refractivity contribution is -0.120. The van der Waals surface area contributed by atoms with E-state index in [4.69, 9.17) is 0 Å². The Hall–Kier alpha value is -1.88. The van der Waals surface area contributed by atoms with E-state index < -0.39 is 0 Å². The molecule has 1 N–H and O–H groups in total. The molecule has 20 heavy (non-hydrogen) atoms. The van der Waals surface area contributed by atoms with Crippen LogP contribution in [-0.4, -0.2) is 16.6 Å². The van der Waals surface area contributed by atoms with Crippen molar-refractivity contribution in [3.8, 4) is 0 Å². The van der Waals surface area contributed by atoms with Crippen molar-refractivity contribution in [1.29, 1.82) is 0 Å². The van der Waals surface area contributed by atoms with E-state index in [9.17, 15) is 9.18 Å². The Kier molecular flexibility index (Phi) is 5.55. The third kappa shape index (κ3) is 5.01. The lowest BCUT2D eigenvalue weighted by Gasteiger charge is -2.05. The van der Waals surface area contributed by atoms with Gasteiger partial charge in [0.1, 0.15) is 5.82 Å². The molecule has 0 saturated heterocycles. The predicted octanol–water partition coefficient (Wildman–Crippen LogP) is 3.02. The summed E-state index contributed by atoms with van der Waals surface area (Å²) in [6.45, 7) is 0.430. The molecule has 1 aromatic heterocycles. The van der Waals surface area contributed by atoms with Crippen molar-refractivity contribution >= 4 is 17.7 Å². The summed E-state index contributed by atoms with van der Waals surface area (Å²) in [7, 11) is 0. The molecule has 0 atom stereocenters. The topological polar surface area (TPSA) is 42.0 Å². The molecule has 1 aromatic carbocycles. The summed E-state index contributed by atoms with van der Waals surface area (Å²) < 4.78 is 12.7. The summed E-state index contributed by atoms with van der Waals surface area (Å²) in [6.07, 6.45) is 3.92. The van der Waals surface area contributed by atoms with Gasteiger partial charge in [0.25, 0.3) is 0 Å². The van der Waals surface area contributed by atoms with Crippen LogP contribution in [0.3, 0.4) is 0 Å². The molecule has 2 rings (SSSR count). The highest BCUT2D eigenvalue weighted by Crippen LogP contribution is 2.16. The molecule has 0 saturated carbocycles. The number of carbonyl (C=O) groups excluding carboxylic acids is 1. The highest BCUT2D eigenvalue weighted by molar-refractivity contribution is 7.99. The van der Waals surface area contributed by atoms with E-state index in [1.165, 1.54) is 12.1 Å². The number of pyridine rings is 1. The minimum atomic E-state index is -0.270. The van der Waals surface area contributed by atoms with Crippen molar-refractivity contribution < 1.29 is 9.18 Å². The van der Waals surface area contributed by atoms with Crippen LogP contribution in [0.4, 0.5) is 4.39 Å². The standard InChI is InChI=1S/C15H15FN2OS/c16-13-3-1-12(2-4-13)11-18-15(19)7-10-20-14-5-8-17-9-6-14/h1-6,8-9H,7,10-11H2,(H,18,19). The van der Waals surface area contributed by atoms with E-state index in [0.29, 0.717) is 13.0 Å². The van der Waals surface area contributed by atoms with E-state index in [0.717, 1.165) is 16.2 Å². The third-order valence-electron chi connectivity index (χ3n) is 2.65. The number of hydrogen-bond donors (Lipinski definition) is 1. The highest BCUT2D eigenvalue weighted by Gasteiger charge is 2.02. The average molecular weight is 290 g/mol. The average Bonchev–Trinajstić information content (AvgIpc) is 2.48. The molecule has 0 unspecified atom stereocenters. The summed E-state index contributed by atoms with van der Waals surface area (Å²) >= 11 is 1.62. The van der Waals surface area contributed by atoms with Crippen molar-refractivity contribution in [2.24, 2.45) is 0 Å². The predicted molar refractivity (Wildman–Crippen MR) is 77.8 cm³/mol. The normalized spacial score (nSPS) is 10.2. The zero-order valence-electron chi connectivity index (χ0n) is 10.9. The van der Waals surface area contributed by atoms with Crippen LogP contribution in [0.5, 0.6) is 0 Å². The number of halogens is 1. The first-order valence-corrected chi connectivity index (χ1v) is 7.26. The lowest BCUT2D eigenvalue weighted by Crippen LogP contribution is -2.22. The van der Waals surface area contributed by atoms with Gasteiger partial charge in [-0.1, -0.05) is 12.1 Å². The summed E-state index contributed by atoms with van der Waals surface area (Å²) in [5, 5.41) is 2.82. The molecule has 2 aromatic rings. The summed E-state index contributed by atoms with van der Waals surface area (Å²) in [4.78, 5) is 16.7. The van der Waals surface area contributed by atoms with Crippen LogP contribution in [0.15, 0.2) is 53.7 Å². The van der Waals surface area contributed by atoms with Crippen molar-refractivity contribution in [3.05, 3.63) is 60.2 Å². The van der Waals surface area contributed by atoms with Gasteiger partial charge in [-0.2, -0.15) is 0 Å². The zero-order valence-corrected chi connectivity index (χ0v) is 11.7. The highest BCUT2D eigenvalue weighted by atomic mass is 32.2. The van der Waals surface area contributed by atoms with Crippen molar-refractivity contribution in [3.63, 3.8) is 0 Å². The Labute approximate surface area is 121 Å². The minimum absolute atomic E-state index is 0.00381. The van der Waals surface area contributed by atoms with Gasteiger partial charge in [0.05, 0.1) is 0 Å². The van der Waals surface area contributed by atoms with Gasteiger partial charge < -0.3 is 5.32 Å². The molecule has 0 aliphatic rings. The Morgan fingerprint density at radius 2 is 1.85 bits per heavy atom. The molecule has 0 aliphatic carbocycles. The molecule has 1 heterocycles. The third-order valence-corrected chi connectivity index (χ3v) is 3.66. The number of benzene rings is 1. The molecule has 0 radical (unpaired) electrons. The van der Waals surface area contributed by atoms with E-state index in [2.05, 4.69) is 10.3 Å². The maximum atomic E-state index is 12.7. The first-order chi connectivity index (χ1) is 9.74. The monoisotopic (exact) mass is 290 g/mol. The molecular weight excluding hydrogens is 275 g/mol. The van der Waals surface area contributed by atoms with Gasteiger partial charge in [-0.15, -0.1) is 11.8 Å². The minimum Gasteiger partial charge on any atom is -0.352 e. The molecule has 0 bridgehead atoms. The van der Waals surface area contributed by atoms with Gasteiger partial charge in [0.2, 0.25) is 5.91 Å². The SMILES string of the molecule is O=C(CCSc1ccncc1)NCc1ccc(F)cc1. The second kappa shape index (κ2) is 7.65. The molecule has 5 heteroatoms. The fourth-order valence-corrected chi connectivity index (χ4v) is 2.42. The number of hydrogen-bond acceptors (Lipinski definition) is 3. The van der Waals surface area contributed by atoms with Gasteiger partial charge in [0.15, 0.2) is 0 Å². The number of amides is 1. The Balaban J connectivity index is 1.67. The van der Waals surface area contributed by atoms with Crippen LogP contribution in [0.2, 0.25) is 0 Å². The fraction of sp³-hybridized carbons (Fsp3) is 0.200. The second-order valence-electron chi connectivity index (χ2n) is 4.18. The first kappa shape index (κ1) is 14.5. The molecule has 104 valence electrons. The largest absolute Gasteiger partial charge is 0.352 e. The van der Waals surface area contributed by atoms with Gasteiger partial charge in [0, 0.05) is 36.0 Å². The zero-order chi connectivity index (χ0) is 14.2. The Morgan fingerprint density at radius 3 is 2.55 bits per heavy atom. The van der Waals surface area contributed by atoms with Gasteiger partial charge in [-0.3, -0.25) is 9.78 Å². The van der Waals surface area contributed by atoms with E-state index >= 15 is 0 Å². The molecule has 3 nitrogen and oxygen atoms in total. The molecule has 1 amide bonds.